The average molecular weight is 293 g/mol. The molecule has 2 unspecified atom stereocenters. The molecule has 1 fully saturated rings. The van der Waals surface area contributed by atoms with Crippen LogP contribution in [0.2, 0.25) is 0 Å². The summed E-state index contributed by atoms with van der Waals surface area (Å²) in [7, 11) is 0. The third-order valence-electron chi connectivity index (χ3n) is 3.12. The summed E-state index contributed by atoms with van der Waals surface area (Å²) in [5.41, 5.74) is 0.621. The number of nitriles is 1. The van der Waals surface area contributed by atoms with Crippen LogP contribution in [0.25, 0.3) is 0 Å². The molecule has 1 aromatic carbocycles. The molecule has 3 nitrogen and oxygen atoms in total. The molecule has 1 N–H and O–H groups in total. The molecule has 0 radical (unpaired) electrons. The molecule has 0 aliphatic heterocycles. The smallest absolute Gasteiger partial charge is 0.252 e. The topological polar surface area (TPSA) is 52.9 Å². The van der Waals surface area contributed by atoms with Crippen molar-refractivity contribution in [1.29, 1.82) is 5.26 Å². The molecule has 0 bridgehead atoms. The van der Waals surface area contributed by atoms with E-state index in [9.17, 15) is 4.79 Å². The zero-order chi connectivity index (χ0) is 12.3. The molecule has 0 saturated heterocycles. The monoisotopic (exact) mass is 292 g/mol. The summed E-state index contributed by atoms with van der Waals surface area (Å²) in [6.07, 6.45) is 2.80. The van der Waals surface area contributed by atoms with E-state index in [1.54, 1.807) is 6.07 Å². The van der Waals surface area contributed by atoms with Crippen LogP contribution in [0.4, 0.5) is 0 Å². The van der Waals surface area contributed by atoms with Crippen LogP contribution in [-0.2, 0) is 0 Å². The summed E-state index contributed by atoms with van der Waals surface area (Å²) >= 11 is 3.35. The lowest BCUT2D eigenvalue weighted by Gasteiger charge is -2.16. The second-order valence-electron chi connectivity index (χ2n) is 4.23. The van der Waals surface area contributed by atoms with Crippen LogP contribution in [0.1, 0.15) is 29.6 Å². The lowest BCUT2D eigenvalue weighted by atomic mass is 10.1. The molecule has 1 saturated carbocycles. The zero-order valence-electron chi connectivity index (χ0n) is 9.32. The van der Waals surface area contributed by atoms with Crippen molar-refractivity contribution in [2.24, 2.45) is 5.92 Å². The Hall–Kier alpha value is -1.34. The fourth-order valence-electron chi connectivity index (χ4n) is 2.18. The minimum Gasteiger partial charge on any atom is -0.348 e. The van der Waals surface area contributed by atoms with Crippen LogP contribution in [0.5, 0.6) is 0 Å². The molecule has 1 aromatic rings. The Morgan fingerprint density at radius 1 is 1.41 bits per heavy atom. The predicted octanol–water partition coefficient (Wildman–Crippen LogP) is 2.87. The summed E-state index contributed by atoms with van der Waals surface area (Å²) < 4.78 is 0.781. The van der Waals surface area contributed by atoms with Crippen LogP contribution < -0.4 is 5.32 Å². The van der Waals surface area contributed by atoms with Gasteiger partial charge in [-0.05, 0) is 47.3 Å². The highest BCUT2D eigenvalue weighted by molar-refractivity contribution is 9.10. The van der Waals surface area contributed by atoms with E-state index in [1.807, 2.05) is 18.2 Å². The highest BCUT2D eigenvalue weighted by atomic mass is 79.9. The Morgan fingerprint density at radius 2 is 2.18 bits per heavy atom. The number of carbonyl (C=O) groups excluding carboxylic acids is 1. The lowest BCUT2D eigenvalue weighted by Crippen LogP contribution is -2.37. The van der Waals surface area contributed by atoms with E-state index in [0.29, 0.717) is 5.56 Å². The molecule has 88 valence electrons. The molecule has 4 heteroatoms. The van der Waals surface area contributed by atoms with Gasteiger partial charge >= 0.3 is 0 Å². The van der Waals surface area contributed by atoms with Gasteiger partial charge in [-0.3, -0.25) is 4.79 Å². The van der Waals surface area contributed by atoms with Crippen molar-refractivity contribution in [2.75, 3.05) is 0 Å². The van der Waals surface area contributed by atoms with E-state index in [2.05, 4.69) is 27.3 Å². The van der Waals surface area contributed by atoms with Crippen LogP contribution >= 0.6 is 15.9 Å². The van der Waals surface area contributed by atoms with Crippen molar-refractivity contribution in [2.45, 2.75) is 25.3 Å². The second-order valence-corrected chi connectivity index (χ2v) is 5.08. The molecular formula is C13H13BrN2O. The van der Waals surface area contributed by atoms with Crippen molar-refractivity contribution in [1.82, 2.24) is 5.32 Å². The van der Waals surface area contributed by atoms with Gasteiger partial charge in [-0.15, -0.1) is 0 Å². The van der Waals surface area contributed by atoms with Crippen LogP contribution in [0.3, 0.4) is 0 Å². The third-order valence-corrected chi connectivity index (χ3v) is 3.81. The van der Waals surface area contributed by atoms with Crippen LogP contribution in [0, 0.1) is 17.2 Å². The molecule has 1 aliphatic rings. The van der Waals surface area contributed by atoms with E-state index in [4.69, 9.17) is 5.26 Å². The van der Waals surface area contributed by atoms with Gasteiger partial charge in [-0.1, -0.05) is 12.1 Å². The van der Waals surface area contributed by atoms with Crippen molar-refractivity contribution < 1.29 is 4.79 Å². The molecule has 17 heavy (non-hydrogen) atoms. The van der Waals surface area contributed by atoms with E-state index >= 15 is 0 Å². The average Bonchev–Trinajstić information content (AvgIpc) is 2.76. The number of nitrogens with one attached hydrogen (secondary N) is 1. The highest BCUT2D eigenvalue weighted by Crippen LogP contribution is 2.25. The maximum Gasteiger partial charge on any atom is 0.252 e. The van der Waals surface area contributed by atoms with Crippen LogP contribution in [-0.4, -0.2) is 11.9 Å². The summed E-state index contributed by atoms with van der Waals surface area (Å²) in [6, 6.07) is 9.57. The maximum absolute atomic E-state index is 12.0. The zero-order valence-corrected chi connectivity index (χ0v) is 10.9. The second kappa shape index (κ2) is 5.33. The fourth-order valence-corrected chi connectivity index (χ4v) is 2.64. The van der Waals surface area contributed by atoms with Crippen molar-refractivity contribution in [3.8, 4) is 6.07 Å². The summed E-state index contributed by atoms with van der Waals surface area (Å²) in [5, 5.41) is 11.9. The molecule has 2 rings (SSSR count). The minimum absolute atomic E-state index is 0.000365. The Morgan fingerprint density at radius 3 is 2.88 bits per heavy atom. The first-order valence-electron chi connectivity index (χ1n) is 5.67. The SMILES string of the molecule is N#CC1CCCC1NC(=O)c1ccccc1Br. The molecule has 0 aromatic heterocycles. The van der Waals surface area contributed by atoms with Crippen molar-refractivity contribution in [3.63, 3.8) is 0 Å². The van der Waals surface area contributed by atoms with Gasteiger partial charge in [-0.2, -0.15) is 5.26 Å². The van der Waals surface area contributed by atoms with Gasteiger partial charge in [-0.25, -0.2) is 0 Å². The molecule has 1 amide bonds. The highest BCUT2D eigenvalue weighted by Gasteiger charge is 2.28. The van der Waals surface area contributed by atoms with Gasteiger partial charge in [0.15, 0.2) is 0 Å². The Balaban J connectivity index is 2.08. The third kappa shape index (κ3) is 2.67. The first-order chi connectivity index (χ1) is 8.22. The molecule has 1 aliphatic carbocycles. The van der Waals surface area contributed by atoms with Gasteiger partial charge in [0.05, 0.1) is 17.6 Å². The number of rotatable bonds is 2. The molecular weight excluding hydrogens is 280 g/mol. The summed E-state index contributed by atoms with van der Waals surface area (Å²) in [6.45, 7) is 0. The van der Waals surface area contributed by atoms with Crippen molar-refractivity contribution in [3.05, 3.63) is 34.3 Å². The quantitative estimate of drug-likeness (QED) is 0.911. The maximum atomic E-state index is 12.0. The summed E-state index contributed by atoms with van der Waals surface area (Å²) in [4.78, 5) is 12.0. The number of benzene rings is 1. The Bertz CT molecular complexity index is 467. The Kier molecular flexibility index (Phi) is 3.80. The Labute approximate surface area is 109 Å². The van der Waals surface area contributed by atoms with Gasteiger partial charge in [0.1, 0.15) is 0 Å². The van der Waals surface area contributed by atoms with E-state index in [-0.39, 0.29) is 17.9 Å². The largest absolute Gasteiger partial charge is 0.348 e. The van der Waals surface area contributed by atoms with Crippen LogP contribution in [0.15, 0.2) is 28.7 Å². The van der Waals surface area contributed by atoms with E-state index < -0.39 is 0 Å². The van der Waals surface area contributed by atoms with E-state index in [1.165, 1.54) is 0 Å². The van der Waals surface area contributed by atoms with Gasteiger partial charge in [0.25, 0.3) is 5.91 Å². The minimum atomic E-state index is -0.107. The number of nitrogens with zero attached hydrogens (tertiary/aromatic N) is 1. The molecule has 2 atom stereocenters. The standard InChI is InChI=1S/C13H13BrN2O/c14-11-6-2-1-5-10(11)13(17)16-12-7-3-4-9(12)8-15/h1-2,5-6,9,12H,3-4,7H2,(H,16,17). The summed E-state index contributed by atoms with van der Waals surface area (Å²) in [5.74, 6) is -0.147. The first-order valence-corrected chi connectivity index (χ1v) is 6.46. The number of amides is 1. The van der Waals surface area contributed by atoms with Gasteiger partial charge in [0.2, 0.25) is 0 Å². The van der Waals surface area contributed by atoms with E-state index in [0.717, 1.165) is 23.7 Å². The van der Waals surface area contributed by atoms with Gasteiger partial charge in [0, 0.05) is 10.5 Å². The first kappa shape index (κ1) is 12.1. The molecule has 0 heterocycles. The lowest BCUT2D eigenvalue weighted by molar-refractivity contribution is 0.0932. The predicted molar refractivity (Wildman–Crippen MR) is 68.4 cm³/mol. The normalized spacial score (nSPS) is 23.1. The number of hydrogen-bond acceptors (Lipinski definition) is 2. The van der Waals surface area contributed by atoms with Gasteiger partial charge < -0.3 is 5.32 Å². The van der Waals surface area contributed by atoms with Crippen molar-refractivity contribution >= 4 is 21.8 Å². The number of halogens is 1. The molecule has 0 spiro atoms. The number of hydrogen-bond donors (Lipinski definition) is 1. The number of carbonyl (C=O) groups is 1. The fraction of sp³-hybridized carbons (Fsp3) is 0.385.